The highest BCUT2D eigenvalue weighted by atomic mass is 35.5. The van der Waals surface area contributed by atoms with E-state index >= 15 is 0 Å². The fourth-order valence-corrected chi connectivity index (χ4v) is 4.46. The first-order chi connectivity index (χ1) is 13.0. The summed E-state index contributed by atoms with van der Waals surface area (Å²) < 4.78 is 28.0. The number of amidine groups is 1. The molecule has 0 bridgehead atoms. The van der Waals surface area contributed by atoms with Crippen molar-refractivity contribution >= 4 is 39.9 Å². The predicted molar refractivity (Wildman–Crippen MR) is 111 cm³/mol. The normalized spacial score (nSPS) is 19.7. The number of carbonyl (C=O) groups is 1. The number of halogens is 1. The first-order valence-electron chi connectivity index (χ1n) is 8.86. The Morgan fingerprint density at radius 3 is 2.57 bits per heavy atom. The van der Waals surface area contributed by atoms with Crippen LogP contribution in [0.2, 0.25) is 0 Å². The molecule has 1 amide bonds. The minimum absolute atomic E-state index is 0. The molecular weight excluding hydrogens is 400 g/mol. The Morgan fingerprint density at radius 2 is 1.86 bits per heavy atom. The lowest BCUT2D eigenvalue weighted by Gasteiger charge is -2.23. The number of nitrogens with zero attached hydrogens (tertiary/aromatic N) is 1. The maximum Gasteiger partial charge on any atom is 0.285 e. The van der Waals surface area contributed by atoms with Crippen LogP contribution in [0.1, 0.15) is 28.8 Å². The van der Waals surface area contributed by atoms with E-state index in [9.17, 15) is 13.2 Å². The average molecular weight is 421 g/mol. The van der Waals surface area contributed by atoms with Gasteiger partial charge in [-0.15, -0.1) is 16.8 Å². The van der Waals surface area contributed by atoms with E-state index < -0.39 is 10.0 Å². The second-order valence-electron chi connectivity index (χ2n) is 6.63. The molecule has 1 saturated heterocycles. The quantitative estimate of drug-likeness (QED) is 0.706. The molecule has 0 aromatic heterocycles. The lowest BCUT2D eigenvalue weighted by molar-refractivity contribution is 0.0930. The smallest absolute Gasteiger partial charge is 0.285 e. The van der Waals surface area contributed by atoms with Crippen LogP contribution in [0.5, 0.6) is 0 Å². The summed E-state index contributed by atoms with van der Waals surface area (Å²) in [5.41, 5.74) is 1.77. The van der Waals surface area contributed by atoms with E-state index in [1.165, 1.54) is 6.07 Å². The van der Waals surface area contributed by atoms with Crippen LogP contribution in [0.3, 0.4) is 0 Å². The van der Waals surface area contributed by atoms with Crippen LogP contribution in [-0.2, 0) is 10.0 Å². The summed E-state index contributed by atoms with van der Waals surface area (Å²) in [6, 6.07) is 13.7. The van der Waals surface area contributed by atoms with Gasteiger partial charge in [-0.05, 0) is 55.8 Å². The van der Waals surface area contributed by atoms with Gasteiger partial charge in [0, 0.05) is 29.4 Å². The number of hydrogen-bond acceptors (Lipinski definition) is 5. The fourth-order valence-electron chi connectivity index (χ4n) is 3.28. The number of anilines is 1. The van der Waals surface area contributed by atoms with Gasteiger partial charge in [-0.3, -0.25) is 4.79 Å². The third-order valence-corrected chi connectivity index (χ3v) is 6.01. The monoisotopic (exact) mass is 420 g/mol. The number of amides is 1. The molecule has 2 heterocycles. The first-order valence-corrected chi connectivity index (χ1v) is 10.3. The van der Waals surface area contributed by atoms with E-state index in [1.54, 1.807) is 42.5 Å². The van der Waals surface area contributed by atoms with Crippen LogP contribution in [0.4, 0.5) is 5.69 Å². The van der Waals surface area contributed by atoms with Crippen LogP contribution in [0.15, 0.2) is 57.8 Å². The van der Waals surface area contributed by atoms with E-state index in [2.05, 4.69) is 20.3 Å². The van der Waals surface area contributed by atoms with Crippen molar-refractivity contribution < 1.29 is 13.2 Å². The highest BCUT2D eigenvalue weighted by Crippen LogP contribution is 2.26. The van der Waals surface area contributed by atoms with Gasteiger partial charge in [0.25, 0.3) is 15.9 Å². The molecular formula is C19H21ClN4O3S. The summed E-state index contributed by atoms with van der Waals surface area (Å²) in [6.07, 6.45) is 2.03. The van der Waals surface area contributed by atoms with Gasteiger partial charge in [0.15, 0.2) is 5.84 Å². The van der Waals surface area contributed by atoms with E-state index in [0.29, 0.717) is 16.8 Å². The van der Waals surface area contributed by atoms with E-state index in [4.69, 9.17) is 0 Å². The van der Waals surface area contributed by atoms with Gasteiger partial charge in [0.2, 0.25) is 0 Å². The van der Waals surface area contributed by atoms with Crippen molar-refractivity contribution in [2.45, 2.75) is 23.8 Å². The fraction of sp³-hybridized carbons (Fsp3) is 0.263. The molecule has 3 N–H and O–H groups in total. The minimum Gasteiger partial charge on any atom is -0.348 e. The second-order valence-corrected chi connectivity index (χ2v) is 8.20. The van der Waals surface area contributed by atoms with Crippen LogP contribution in [0, 0.1) is 0 Å². The lowest BCUT2D eigenvalue weighted by Crippen LogP contribution is -2.45. The van der Waals surface area contributed by atoms with E-state index in [-0.39, 0.29) is 35.1 Å². The van der Waals surface area contributed by atoms with Crippen LogP contribution >= 0.6 is 12.4 Å². The topological polar surface area (TPSA) is 99.7 Å². The van der Waals surface area contributed by atoms with Crippen molar-refractivity contribution in [2.75, 3.05) is 18.4 Å². The summed E-state index contributed by atoms with van der Waals surface area (Å²) in [7, 11) is -3.66. The maximum absolute atomic E-state index is 12.4. The molecule has 7 nitrogen and oxygen atoms in total. The molecule has 2 aromatic carbocycles. The van der Waals surface area contributed by atoms with Crippen LogP contribution < -0.4 is 16.0 Å². The molecule has 0 spiro atoms. The number of rotatable bonds is 3. The van der Waals surface area contributed by atoms with Crippen LogP contribution in [-0.4, -0.2) is 39.3 Å². The Bertz CT molecular complexity index is 1000. The maximum atomic E-state index is 12.4. The summed E-state index contributed by atoms with van der Waals surface area (Å²) in [6.45, 7) is 1.79. The summed E-state index contributed by atoms with van der Waals surface area (Å²) in [5, 5.41) is 9.32. The van der Waals surface area contributed by atoms with Gasteiger partial charge in [0.1, 0.15) is 4.90 Å². The van der Waals surface area contributed by atoms with Crippen molar-refractivity contribution in [1.82, 2.24) is 10.6 Å². The molecule has 2 aliphatic rings. The van der Waals surface area contributed by atoms with Gasteiger partial charge in [-0.25, -0.2) is 0 Å². The van der Waals surface area contributed by atoms with Gasteiger partial charge < -0.3 is 16.0 Å². The molecule has 4 rings (SSSR count). The summed E-state index contributed by atoms with van der Waals surface area (Å²) in [5.74, 6) is 0.178. The molecule has 0 saturated carbocycles. The molecule has 28 heavy (non-hydrogen) atoms. The Hall–Kier alpha value is -2.42. The third kappa shape index (κ3) is 4.19. The van der Waals surface area contributed by atoms with E-state index in [1.807, 2.05) is 0 Å². The van der Waals surface area contributed by atoms with Gasteiger partial charge in [-0.1, -0.05) is 12.1 Å². The zero-order chi connectivity index (χ0) is 18.9. The Balaban J connectivity index is 0.00000225. The van der Waals surface area contributed by atoms with E-state index in [0.717, 1.165) is 25.9 Å². The first kappa shape index (κ1) is 20.3. The molecule has 0 unspecified atom stereocenters. The molecule has 2 aromatic rings. The van der Waals surface area contributed by atoms with Crippen molar-refractivity contribution in [3.63, 3.8) is 0 Å². The SMILES string of the molecule is Cl.O=C(N[C@H]1CCCNC1)c1ccc(NC2=NS(=O)(=O)c3ccccc32)cc1. The number of nitrogens with one attached hydrogen (secondary N) is 3. The molecule has 2 aliphatic heterocycles. The second kappa shape index (κ2) is 8.30. The number of hydrogen-bond donors (Lipinski definition) is 3. The standard InChI is InChI=1S/C19H20N4O3S.ClH/c24-19(22-15-4-3-11-20-12-15)13-7-9-14(10-8-13)21-18-16-5-1-2-6-17(16)27(25,26)23-18;/h1-2,5-10,15,20H,3-4,11-12H2,(H,21,23)(H,22,24);1H/t15-;/m0./s1. The van der Waals surface area contributed by atoms with Gasteiger partial charge in [0.05, 0.1) is 0 Å². The van der Waals surface area contributed by atoms with Crippen LogP contribution in [0.25, 0.3) is 0 Å². The molecule has 0 radical (unpaired) electrons. The number of fused-ring (bicyclic) bond motifs is 1. The van der Waals surface area contributed by atoms with Crippen molar-refractivity contribution in [3.8, 4) is 0 Å². The highest BCUT2D eigenvalue weighted by Gasteiger charge is 2.28. The molecule has 1 fully saturated rings. The molecule has 1 atom stereocenters. The molecule has 148 valence electrons. The largest absolute Gasteiger partial charge is 0.348 e. The van der Waals surface area contributed by atoms with Crippen molar-refractivity contribution in [2.24, 2.45) is 4.40 Å². The zero-order valence-corrected chi connectivity index (χ0v) is 16.6. The molecule has 9 heteroatoms. The number of sulfonamides is 1. The van der Waals surface area contributed by atoms with Crippen molar-refractivity contribution in [3.05, 3.63) is 59.7 Å². The number of benzene rings is 2. The van der Waals surface area contributed by atoms with Crippen molar-refractivity contribution in [1.29, 1.82) is 0 Å². The number of piperidine rings is 1. The lowest BCUT2D eigenvalue weighted by atomic mass is 10.1. The predicted octanol–water partition coefficient (Wildman–Crippen LogP) is 2.15. The minimum atomic E-state index is -3.66. The van der Waals surface area contributed by atoms with Gasteiger partial charge >= 0.3 is 0 Å². The summed E-state index contributed by atoms with van der Waals surface area (Å²) >= 11 is 0. The Morgan fingerprint density at radius 1 is 1.11 bits per heavy atom. The zero-order valence-electron chi connectivity index (χ0n) is 15.0. The highest BCUT2D eigenvalue weighted by molar-refractivity contribution is 7.90. The van der Waals surface area contributed by atoms with Gasteiger partial charge in [-0.2, -0.15) is 8.42 Å². The Kier molecular flexibility index (Phi) is 6.02. The Labute approximate surface area is 170 Å². The summed E-state index contributed by atoms with van der Waals surface area (Å²) in [4.78, 5) is 12.6. The average Bonchev–Trinajstić information content (AvgIpc) is 2.94. The molecule has 0 aliphatic carbocycles. The number of carbonyl (C=O) groups excluding carboxylic acids is 1. The third-order valence-electron chi connectivity index (χ3n) is 4.67.